The normalized spacial score (nSPS) is 12.2. The van der Waals surface area contributed by atoms with Crippen molar-refractivity contribution < 1.29 is 9.90 Å². The van der Waals surface area contributed by atoms with Crippen molar-refractivity contribution in [3.05, 3.63) is 29.8 Å². The van der Waals surface area contributed by atoms with E-state index in [0.29, 0.717) is 6.42 Å². The van der Waals surface area contributed by atoms with Gasteiger partial charge in [0.15, 0.2) is 0 Å². The van der Waals surface area contributed by atoms with Crippen molar-refractivity contribution in [2.45, 2.75) is 13.3 Å². The Kier molecular flexibility index (Phi) is 3.72. The smallest absolute Gasteiger partial charge is 0.306 e. The molecule has 0 saturated heterocycles. The van der Waals surface area contributed by atoms with E-state index in [1.807, 2.05) is 43.3 Å². The van der Waals surface area contributed by atoms with Crippen LogP contribution in [0.5, 0.6) is 0 Å². The number of nitrogens with zero attached hydrogens (tertiary/aromatic N) is 1. The number of hydrogen-bond acceptors (Lipinski definition) is 2. The van der Waals surface area contributed by atoms with E-state index in [1.165, 1.54) is 0 Å². The molecule has 0 spiro atoms. The average Bonchev–Trinajstić information content (AvgIpc) is 2.18. The Balaban J connectivity index is 2.89. The van der Waals surface area contributed by atoms with Gasteiger partial charge < -0.3 is 10.0 Å². The molecule has 3 nitrogen and oxygen atoms in total. The largest absolute Gasteiger partial charge is 0.481 e. The molecule has 0 aliphatic heterocycles. The summed E-state index contributed by atoms with van der Waals surface area (Å²) >= 11 is 0. The number of aliphatic carboxylic acids is 1. The maximum Gasteiger partial charge on any atom is 0.306 e. The summed E-state index contributed by atoms with van der Waals surface area (Å²) in [5.41, 5.74) is 2.17. The molecule has 1 unspecified atom stereocenters. The second-order valence-electron chi connectivity index (χ2n) is 3.97. The second kappa shape index (κ2) is 4.82. The van der Waals surface area contributed by atoms with Crippen molar-refractivity contribution in [1.82, 2.24) is 0 Å². The zero-order valence-electron chi connectivity index (χ0n) is 9.40. The van der Waals surface area contributed by atoms with Gasteiger partial charge in [-0.15, -0.1) is 0 Å². The molecule has 0 bridgehead atoms. The van der Waals surface area contributed by atoms with Gasteiger partial charge in [0.2, 0.25) is 0 Å². The van der Waals surface area contributed by atoms with E-state index in [0.717, 1.165) is 11.3 Å². The van der Waals surface area contributed by atoms with Crippen molar-refractivity contribution >= 4 is 11.7 Å². The zero-order valence-corrected chi connectivity index (χ0v) is 9.40. The number of hydrogen-bond donors (Lipinski definition) is 1. The van der Waals surface area contributed by atoms with E-state index in [4.69, 9.17) is 5.11 Å². The molecule has 1 aromatic rings. The number of carboxylic acid groups (broad SMARTS) is 1. The summed E-state index contributed by atoms with van der Waals surface area (Å²) in [6, 6.07) is 7.89. The Bertz CT molecular complexity index is 347. The topological polar surface area (TPSA) is 40.5 Å². The highest BCUT2D eigenvalue weighted by molar-refractivity contribution is 5.70. The Morgan fingerprint density at radius 1 is 1.40 bits per heavy atom. The van der Waals surface area contributed by atoms with Gasteiger partial charge in [-0.1, -0.05) is 25.1 Å². The molecule has 0 aliphatic carbocycles. The molecule has 0 heterocycles. The van der Waals surface area contributed by atoms with Crippen LogP contribution in [0.3, 0.4) is 0 Å². The lowest BCUT2D eigenvalue weighted by Gasteiger charge is -2.18. The molecule has 0 fully saturated rings. The van der Waals surface area contributed by atoms with Gasteiger partial charge >= 0.3 is 5.97 Å². The lowest BCUT2D eigenvalue weighted by molar-refractivity contribution is -0.141. The van der Waals surface area contributed by atoms with Gasteiger partial charge in [-0.05, 0) is 18.1 Å². The summed E-state index contributed by atoms with van der Waals surface area (Å²) in [6.07, 6.45) is 0.573. The van der Waals surface area contributed by atoms with Crippen molar-refractivity contribution in [2.24, 2.45) is 5.92 Å². The molecule has 1 N–H and O–H groups in total. The molecule has 82 valence electrons. The number of carbonyl (C=O) groups is 1. The van der Waals surface area contributed by atoms with E-state index < -0.39 is 5.97 Å². The van der Waals surface area contributed by atoms with Gasteiger partial charge in [0, 0.05) is 19.8 Å². The minimum atomic E-state index is -0.747. The maximum atomic E-state index is 10.8. The number of carboxylic acids is 1. The third-order valence-corrected chi connectivity index (χ3v) is 2.42. The van der Waals surface area contributed by atoms with Gasteiger partial charge in [-0.2, -0.15) is 0 Å². The average molecular weight is 207 g/mol. The SMILES string of the molecule is CC(Cc1ccccc1N(C)C)C(=O)O. The molecule has 1 rings (SSSR count). The molecule has 0 aromatic heterocycles. The van der Waals surface area contributed by atoms with Gasteiger partial charge in [0.05, 0.1) is 5.92 Å². The molecule has 0 amide bonds. The Hall–Kier alpha value is -1.51. The minimum Gasteiger partial charge on any atom is -0.481 e. The van der Waals surface area contributed by atoms with Crippen molar-refractivity contribution in [1.29, 1.82) is 0 Å². The van der Waals surface area contributed by atoms with Crippen LogP contribution in [0.25, 0.3) is 0 Å². The number of benzene rings is 1. The van der Waals surface area contributed by atoms with Gasteiger partial charge in [-0.3, -0.25) is 4.79 Å². The number of para-hydroxylation sites is 1. The van der Waals surface area contributed by atoms with Crippen LogP contribution in [0.4, 0.5) is 5.69 Å². The molecular weight excluding hydrogens is 190 g/mol. The lowest BCUT2D eigenvalue weighted by atomic mass is 9.99. The molecule has 1 atom stereocenters. The van der Waals surface area contributed by atoms with Crippen LogP contribution in [0.2, 0.25) is 0 Å². The van der Waals surface area contributed by atoms with Gasteiger partial charge in [0.1, 0.15) is 0 Å². The molecule has 1 aromatic carbocycles. The van der Waals surface area contributed by atoms with Crippen molar-refractivity contribution in [2.75, 3.05) is 19.0 Å². The van der Waals surface area contributed by atoms with E-state index in [-0.39, 0.29) is 5.92 Å². The first kappa shape index (κ1) is 11.6. The first-order chi connectivity index (χ1) is 7.02. The second-order valence-corrected chi connectivity index (χ2v) is 3.97. The van der Waals surface area contributed by atoms with Crippen molar-refractivity contribution in [3.8, 4) is 0 Å². The maximum absolute atomic E-state index is 10.8. The minimum absolute atomic E-state index is 0.342. The number of rotatable bonds is 4. The fourth-order valence-electron chi connectivity index (χ4n) is 1.54. The molecule has 0 aliphatic rings. The molecule has 0 saturated carbocycles. The van der Waals surface area contributed by atoms with Crippen LogP contribution in [0, 0.1) is 5.92 Å². The third-order valence-electron chi connectivity index (χ3n) is 2.42. The molecule has 15 heavy (non-hydrogen) atoms. The predicted octanol–water partition coefficient (Wildman–Crippen LogP) is 2.02. The zero-order chi connectivity index (χ0) is 11.4. The first-order valence-electron chi connectivity index (χ1n) is 5.00. The third kappa shape index (κ3) is 2.98. The summed E-state index contributed by atoms with van der Waals surface area (Å²) in [5.74, 6) is -1.09. The Morgan fingerprint density at radius 2 is 2.00 bits per heavy atom. The fraction of sp³-hybridized carbons (Fsp3) is 0.417. The van der Waals surface area contributed by atoms with Crippen LogP contribution < -0.4 is 4.90 Å². The van der Waals surface area contributed by atoms with E-state index in [9.17, 15) is 4.79 Å². The molecule has 0 radical (unpaired) electrons. The Morgan fingerprint density at radius 3 is 2.53 bits per heavy atom. The first-order valence-corrected chi connectivity index (χ1v) is 5.00. The molecule has 3 heteroatoms. The summed E-state index contributed by atoms with van der Waals surface area (Å²) in [6.45, 7) is 1.73. The predicted molar refractivity (Wildman–Crippen MR) is 61.3 cm³/mol. The summed E-state index contributed by atoms with van der Waals surface area (Å²) in [4.78, 5) is 12.8. The van der Waals surface area contributed by atoms with Crippen molar-refractivity contribution in [3.63, 3.8) is 0 Å². The monoisotopic (exact) mass is 207 g/mol. The van der Waals surface area contributed by atoms with Crippen LogP contribution in [0.1, 0.15) is 12.5 Å². The van der Waals surface area contributed by atoms with E-state index >= 15 is 0 Å². The van der Waals surface area contributed by atoms with E-state index in [1.54, 1.807) is 6.92 Å². The summed E-state index contributed by atoms with van der Waals surface area (Å²) < 4.78 is 0. The quantitative estimate of drug-likeness (QED) is 0.821. The van der Waals surface area contributed by atoms with Crippen LogP contribution >= 0.6 is 0 Å². The highest BCUT2D eigenvalue weighted by Gasteiger charge is 2.14. The van der Waals surface area contributed by atoms with Crippen LogP contribution in [-0.2, 0) is 11.2 Å². The summed E-state index contributed by atoms with van der Waals surface area (Å²) in [7, 11) is 3.93. The summed E-state index contributed by atoms with van der Waals surface area (Å²) in [5, 5.41) is 8.86. The van der Waals surface area contributed by atoms with Crippen LogP contribution in [0.15, 0.2) is 24.3 Å². The standard InChI is InChI=1S/C12H17NO2/c1-9(12(14)15)8-10-6-4-5-7-11(10)13(2)3/h4-7,9H,8H2,1-3H3,(H,14,15). The lowest BCUT2D eigenvalue weighted by Crippen LogP contribution is -2.16. The van der Waals surface area contributed by atoms with Gasteiger partial charge in [0.25, 0.3) is 0 Å². The van der Waals surface area contributed by atoms with Gasteiger partial charge in [-0.25, -0.2) is 0 Å². The Labute approximate surface area is 90.3 Å². The van der Waals surface area contributed by atoms with Crippen LogP contribution in [-0.4, -0.2) is 25.2 Å². The van der Waals surface area contributed by atoms with E-state index in [2.05, 4.69) is 0 Å². The molecular formula is C12H17NO2. The highest BCUT2D eigenvalue weighted by atomic mass is 16.4. The number of anilines is 1. The highest BCUT2D eigenvalue weighted by Crippen LogP contribution is 2.21. The fourth-order valence-corrected chi connectivity index (χ4v) is 1.54.